The average molecular weight is 233 g/mol. The maximum atomic E-state index is 5.98. The summed E-state index contributed by atoms with van der Waals surface area (Å²) in [7, 11) is 0. The second kappa shape index (κ2) is 5.39. The molecule has 3 N–H and O–H groups in total. The second-order valence-corrected chi connectivity index (χ2v) is 5.41. The maximum Gasteiger partial charge on any atom is 0.149 e. The van der Waals surface area contributed by atoms with Gasteiger partial charge in [-0.1, -0.05) is 19.8 Å². The fourth-order valence-corrected chi connectivity index (χ4v) is 2.54. The molecule has 0 saturated heterocycles. The molecule has 2 unspecified atom stereocenters. The monoisotopic (exact) mass is 233 g/mol. The lowest BCUT2D eigenvalue weighted by atomic mass is 10.0. The molecule has 3 nitrogen and oxygen atoms in total. The van der Waals surface area contributed by atoms with Crippen LogP contribution in [0.4, 0.5) is 11.5 Å². The third-order valence-corrected chi connectivity index (χ3v) is 3.65. The zero-order chi connectivity index (χ0) is 12.3. The van der Waals surface area contributed by atoms with E-state index in [4.69, 9.17) is 5.73 Å². The number of pyridine rings is 1. The van der Waals surface area contributed by atoms with E-state index in [-0.39, 0.29) is 0 Å². The van der Waals surface area contributed by atoms with Crippen molar-refractivity contribution in [1.82, 2.24) is 4.98 Å². The van der Waals surface area contributed by atoms with Crippen molar-refractivity contribution in [1.29, 1.82) is 0 Å². The molecular weight excluding hydrogens is 210 g/mol. The first kappa shape index (κ1) is 12.2. The highest BCUT2D eigenvalue weighted by molar-refractivity contribution is 5.62. The summed E-state index contributed by atoms with van der Waals surface area (Å²) in [6, 6.07) is 2.52. The van der Waals surface area contributed by atoms with Crippen molar-refractivity contribution in [3.63, 3.8) is 0 Å². The highest BCUT2D eigenvalue weighted by atomic mass is 15.0. The van der Waals surface area contributed by atoms with Crippen LogP contribution in [0.5, 0.6) is 0 Å². The fraction of sp³-hybridized carbons (Fsp3) is 0.643. The predicted molar refractivity (Wildman–Crippen MR) is 73.0 cm³/mol. The molecule has 2 rings (SSSR count). The molecule has 0 amide bonds. The Morgan fingerprint density at radius 1 is 1.29 bits per heavy atom. The van der Waals surface area contributed by atoms with Crippen LogP contribution in [0.15, 0.2) is 12.3 Å². The minimum Gasteiger partial charge on any atom is -0.396 e. The van der Waals surface area contributed by atoms with Gasteiger partial charge in [-0.05, 0) is 43.7 Å². The molecule has 1 aliphatic carbocycles. The first-order valence-corrected chi connectivity index (χ1v) is 6.64. The van der Waals surface area contributed by atoms with Gasteiger partial charge in [0, 0.05) is 12.2 Å². The maximum absolute atomic E-state index is 5.98. The van der Waals surface area contributed by atoms with Crippen molar-refractivity contribution in [3.8, 4) is 0 Å². The van der Waals surface area contributed by atoms with Crippen molar-refractivity contribution in [2.24, 2.45) is 5.92 Å². The number of nitrogens with zero attached hydrogens (tertiary/aromatic N) is 1. The predicted octanol–water partition coefficient (Wildman–Crippen LogP) is 3.35. The summed E-state index contributed by atoms with van der Waals surface area (Å²) in [5.74, 6) is 1.72. The number of hydrogen-bond acceptors (Lipinski definition) is 3. The van der Waals surface area contributed by atoms with E-state index in [2.05, 4.69) is 17.2 Å². The molecule has 0 bridgehead atoms. The van der Waals surface area contributed by atoms with E-state index >= 15 is 0 Å². The number of anilines is 2. The summed E-state index contributed by atoms with van der Waals surface area (Å²) >= 11 is 0. The third kappa shape index (κ3) is 3.35. The normalized spacial score (nSPS) is 25.3. The molecule has 2 atom stereocenters. The van der Waals surface area contributed by atoms with Gasteiger partial charge >= 0.3 is 0 Å². The second-order valence-electron chi connectivity index (χ2n) is 5.41. The smallest absolute Gasteiger partial charge is 0.149 e. The quantitative estimate of drug-likeness (QED) is 0.770. The Morgan fingerprint density at radius 2 is 2.12 bits per heavy atom. The Hall–Kier alpha value is -1.25. The van der Waals surface area contributed by atoms with Crippen LogP contribution in [0.25, 0.3) is 0 Å². The van der Waals surface area contributed by atoms with Crippen LogP contribution < -0.4 is 11.1 Å². The summed E-state index contributed by atoms with van der Waals surface area (Å²) < 4.78 is 0. The van der Waals surface area contributed by atoms with E-state index in [1.54, 1.807) is 0 Å². The Balaban J connectivity index is 2.00. The Bertz CT molecular complexity index is 376. The molecule has 94 valence electrons. The molecule has 0 spiro atoms. The van der Waals surface area contributed by atoms with Crippen LogP contribution in [0.2, 0.25) is 0 Å². The van der Waals surface area contributed by atoms with Crippen LogP contribution in [0.1, 0.15) is 44.6 Å². The van der Waals surface area contributed by atoms with Gasteiger partial charge in [-0.15, -0.1) is 0 Å². The minimum atomic E-state index is 0.539. The summed E-state index contributed by atoms with van der Waals surface area (Å²) in [6.07, 6.45) is 8.32. The van der Waals surface area contributed by atoms with Gasteiger partial charge in [-0.2, -0.15) is 0 Å². The highest BCUT2D eigenvalue weighted by Gasteiger charge is 2.16. The lowest BCUT2D eigenvalue weighted by molar-refractivity contribution is 0.502. The standard InChI is InChI=1S/C14H23N3/c1-10-4-3-5-12(7-6-10)17-14-13(15)8-11(2)9-16-14/h8-10,12H,3-7,15H2,1-2H3,(H,16,17). The molecule has 0 aromatic carbocycles. The lowest BCUT2D eigenvalue weighted by Gasteiger charge is -2.18. The van der Waals surface area contributed by atoms with Crippen LogP contribution in [0, 0.1) is 12.8 Å². The van der Waals surface area contributed by atoms with Crippen LogP contribution >= 0.6 is 0 Å². The molecule has 1 aromatic heterocycles. The molecular formula is C14H23N3. The van der Waals surface area contributed by atoms with Crippen LogP contribution in [-0.2, 0) is 0 Å². The van der Waals surface area contributed by atoms with Crippen molar-refractivity contribution >= 4 is 11.5 Å². The SMILES string of the molecule is Cc1cnc(NC2CCCC(C)CC2)c(N)c1. The van der Waals surface area contributed by atoms with Gasteiger partial charge in [0.05, 0.1) is 5.69 Å². The number of rotatable bonds is 2. The molecule has 1 aromatic rings. The molecule has 0 aliphatic heterocycles. The number of nitrogen functional groups attached to an aromatic ring is 1. The molecule has 17 heavy (non-hydrogen) atoms. The summed E-state index contributed by atoms with van der Waals surface area (Å²) in [5.41, 5.74) is 7.86. The van der Waals surface area contributed by atoms with Crippen molar-refractivity contribution < 1.29 is 0 Å². The summed E-state index contributed by atoms with van der Waals surface area (Å²) in [6.45, 7) is 4.36. The van der Waals surface area contributed by atoms with E-state index < -0.39 is 0 Å². The number of aryl methyl sites for hydroxylation is 1. The van der Waals surface area contributed by atoms with Gasteiger partial charge in [-0.3, -0.25) is 0 Å². The molecule has 0 radical (unpaired) electrons. The van der Waals surface area contributed by atoms with E-state index in [0.717, 1.165) is 23.0 Å². The zero-order valence-corrected chi connectivity index (χ0v) is 10.9. The van der Waals surface area contributed by atoms with Gasteiger partial charge in [0.15, 0.2) is 0 Å². The van der Waals surface area contributed by atoms with E-state index in [0.29, 0.717) is 6.04 Å². The first-order valence-electron chi connectivity index (χ1n) is 6.64. The summed E-state index contributed by atoms with van der Waals surface area (Å²) in [4.78, 5) is 4.39. The highest BCUT2D eigenvalue weighted by Crippen LogP contribution is 2.26. The average Bonchev–Trinajstić information content (AvgIpc) is 2.48. The van der Waals surface area contributed by atoms with Gasteiger partial charge in [-0.25, -0.2) is 4.98 Å². The van der Waals surface area contributed by atoms with E-state index in [9.17, 15) is 0 Å². The van der Waals surface area contributed by atoms with Crippen LogP contribution in [0.3, 0.4) is 0 Å². The number of nitrogens with one attached hydrogen (secondary N) is 1. The number of aromatic nitrogens is 1. The van der Waals surface area contributed by atoms with Gasteiger partial charge < -0.3 is 11.1 Å². The molecule has 1 fully saturated rings. The number of nitrogens with two attached hydrogens (primary N) is 1. The largest absolute Gasteiger partial charge is 0.396 e. The topological polar surface area (TPSA) is 50.9 Å². The molecule has 1 aliphatic rings. The molecule has 1 heterocycles. The van der Waals surface area contributed by atoms with Gasteiger partial charge in [0.25, 0.3) is 0 Å². The Labute approximate surface area is 104 Å². The van der Waals surface area contributed by atoms with Gasteiger partial charge in [0.2, 0.25) is 0 Å². The van der Waals surface area contributed by atoms with Crippen molar-refractivity contribution in [2.45, 2.75) is 52.0 Å². The third-order valence-electron chi connectivity index (χ3n) is 3.65. The van der Waals surface area contributed by atoms with Gasteiger partial charge in [0.1, 0.15) is 5.82 Å². The van der Waals surface area contributed by atoms with Crippen molar-refractivity contribution in [2.75, 3.05) is 11.1 Å². The van der Waals surface area contributed by atoms with E-state index in [1.165, 1.54) is 32.1 Å². The van der Waals surface area contributed by atoms with Crippen LogP contribution in [-0.4, -0.2) is 11.0 Å². The minimum absolute atomic E-state index is 0.539. The first-order chi connectivity index (χ1) is 8.15. The fourth-order valence-electron chi connectivity index (χ4n) is 2.54. The Morgan fingerprint density at radius 3 is 2.88 bits per heavy atom. The number of hydrogen-bond donors (Lipinski definition) is 2. The molecule has 1 saturated carbocycles. The Kier molecular flexibility index (Phi) is 3.87. The lowest BCUT2D eigenvalue weighted by Crippen LogP contribution is -2.20. The zero-order valence-electron chi connectivity index (χ0n) is 10.9. The van der Waals surface area contributed by atoms with Crippen molar-refractivity contribution in [3.05, 3.63) is 17.8 Å². The van der Waals surface area contributed by atoms with E-state index in [1.807, 2.05) is 19.2 Å². The molecule has 3 heteroatoms. The summed E-state index contributed by atoms with van der Waals surface area (Å²) in [5, 5.41) is 3.50.